The van der Waals surface area contributed by atoms with Gasteiger partial charge < -0.3 is 10.7 Å². The van der Waals surface area contributed by atoms with Crippen LogP contribution in [0.25, 0.3) is 0 Å². The zero-order valence-corrected chi connectivity index (χ0v) is 17.8. The van der Waals surface area contributed by atoms with Gasteiger partial charge in [-0.05, 0) is 29.7 Å². The molecule has 1 aliphatic heterocycles. The molecule has 0 saturated carbocycles. The fraction of sp³-hybridized carbons (Fsp3) is 0.286. The highest BCUT2D eigenvalue weighted by Crippen LogP contribution is 2.38. The zero-order chi connectivity index (χ0) is 20.4. The molecule has 1 aliphatic rings. The van der Waals surface area contributed by atoms with Crippen molar-refractivity contribution in [2.75, 3.05) is 10.7 Å². The molecule has 1 amide bonds. The number of nitrogens with one attached hydrogen (secondary N) is 2. The van der Waals surface area contributed by atoms with Crippen LogP contribution in [0.5, 0.6) is 0 Å². The molecule has 2 heterocycles. The van der Waals surface area contributed by atoms with Crippen LogP contribution in [0.4, 0.5) is 5.69 Å². The number of fused-ring (bicyclic) bond motifs is 1. The number of carbonyl (C=O) groups is 1. The first kappa shape index (κ1) is 19.8. The molecular weight excluding hydrogens is 406 g/mol. The predicted octanol–water partition coefficient (Wildman–Crippen LogP) is 4.45. The number of hydrogen-bond acceptors (Lipinski definition) is 5. The standard InChI is InChI=1S/C21H22ClN5OS/c1-3-13-9-11-14(12-10-13)18-19(20(28)23-16-8-6-5-7-15(16)22)29-21-25-24-17(4-2)27(21)26-18/h5-12,18-19,26H,3-4H2,1-2H3,(H,23,28)/t18-,19-/m0/s1. The highest BCUT2D eigenvalue weighted by Gasteiger charge is 2.37. The summed E-state index contributed by atoms with van der Waals surface area (Å²) < 4.78 is 1.89. The number of nitrogens with zero attached hydrogens (tertiary/aromatic N) is 3. The van der Waals surface area contributed by atoms with Crippen molar-refractivity contribution < 1.29 is 4.79 Å². The summed E-state index contributed by atoms with van der Waals surface area (Å²) in [7, 11) is 0. The topological polar surface area (TPSA) is 71.8 Å². The summed E-state index contributed by atoms with van der Waals surface area (Å²) in [6.45, 7) is 4.16. The first-order valence-corrected chi connectivity index (χ1v) is 10.9. The number of anilines is 1. The van der Waals surface area contributed by atoms with Crippen molar-refractivity contribution in [3.8, 4) is 0 Å². The van der Waals surface area contributed by atoms with E-state index < -0.39 is 5.25 Å². The van der Waals surface area contributed by atoms with Gasteiger partial charge in [-0.1, -0.05) is 73.6 Å². The first-order chi connectivity index (χ1) is 14.1. The number of aromatic nitrogens is 3. The molecule has 2 N–H and O–H groups in total. The van der Waals surface area contributed by atoms with Crippen molar-refractivity contribution in [1.29, 1.82) is 0 Å². The molecule has 29 heavy (non-hydrogen) atoms. The molecule has 2 aromatic carbocycles. The Morgan fingerprint density at radius 2 is 1.90 bits per heavy atom. The van der Waals surface area contributed by atoms with Crippen molar-refractivity contribution in [3.05, 3.63) is 70.5 Å². The van der Waals surface area contributed by atoms with Gasteiger partial charge in [0, 0.05) is 6.42 Å². The van der Waals surface area contributed by atoms with Gasteiger partial charge >= 0.3 is 0 Å². The van der Waals surface area contributed by atoms with Crippen LogP contribution in [0, 0.1) is 0 Å². The third-order valence-electron chi connectivity index (χ3n) is 4.96. The van der Waals surface area contributed by atoms with E-state index in [4.69, 9.17) is 11.6 Å². The van der Waals surface area contributed by atoms with E-state index in [0.717, 1.165) is 24.2 Å². The Balaban J connectivity index is 1.68. The van der Waals surface area contributed by atoms with Gasteiger partial charge in [-0.15, -0.1) is 10.2 Å². The molecule has 0 radical (unpaired) electrons. The van der Waals surface area contributed by atoms with Crippen molar-refractivity contribution in [2.45, 2.75) is 43.1 Å². The molecule has 0 spiro atoms. The highest BCUT2D eigenvalue weighted by atomic mass is 35.5. The Labute approximate surface area is 179 Å². The molecule has 0 saturated heterocycles. The SMILES string of the molecule is CCc1ccc([C@@H]2Nn3c(CC)nnc3S[C@@H]2C(=O)Nc2ccccc2Cl)cc1. The number of amides is 1. The average Bonchev–Trinajstić information content (AvgIpc) is 3.16. The lowest BCUT2D eigenvalue weighted by molar-refractivity contribution is -0.116. The maximum atomic E-state index is 13.2. The van der Waals surface area contributed by atoms with Gasteiger partial charge in [0.1, 0.15) is 5.25 Å². The van der Waals surface area contributed by atoms with Crippen molar-refractivity contribution in [2.24, 2.45) is 0 Å². The third kappa shape index (κ3) is 3.97. The summed E-state index contributed by atoms with van der Waals surface area (Å²) >= 11 is 7.64. The summed E-state index contributed by atoms with van der Waals surface area (Å²) in [4.78, 5) is 13.2. The lowest BCUT2D eigenvalue weighted by Gasteiger charge is -2.33. The molecule has 0 bridgehead atoms. The van der Waals surface area contributed by atoms with Crippen LogP contribution in [0.2, 0.25) is 5.02 Å². The van der Waals surface area contributed by atoms with E-state index in [1.54, 1.807) is 12.1 Å². The van der Waals surface area contributed by atoms with Crippen molar-refractivity contribution in [3.63, 3.8) is 0 Å². The number of halogens is 1. The van der Waals surface area contributed by atoms with Crippen LogP contribution in [0.15, 0.2) is 53.7 Å². The summed E-state index contributed by atoms with van der Waals surface area (Å²) in [5.41, 5.74) is 6.35. The number of hydrogen-bond donors (Lipinski definition) is 2. The van der Waals surface area contributed by atoms with Gasteiger partial charge in [-0.2, -0.15) is 0 Å². The van der Waals surface area contributed by atoms with Gasteiger partial charge in [0.2, 0.25) is 11.1 Å². The fourth-order valence-corrected chi connectivity index (χ4v) is 4.59. The lowest BCUT2D eigenvalue weighted by Crippen LogP contribution is -2.41. The summed E-state index contributed by atoms with van der Waals surface area (Å²) in [6.07, 6.45) is 1.72. The molecule has 1 aromatic heterocycles. The normalized spacial score (nSPS) is 18.0. The van der Waals surface area contributed by atoms with Gasteiger partial charge in [0.25, 0.3) is 0 Å². The Bertz CT molecular complexity index is 1020. The Morgan fingerprint density at radius 1 is 1.14 bits per heavy atom. The van der Waals surface area contributed by atoms with Gasteiger partial charge in [-0.25, -0.2) is 4.68 Å². The van der Waals surface area contributed by atoms with Crippen LogP contribution in [0.1, 0.15) is 36.8 Å². The molecule has 150 valence electrons. The van der Waals surface area contributed by atoms with E-state index in [2.05, 4.69) is 52.1 Å². The fourth-order valence-electron chi connectivity index (χ4n) is 3.30. The second-order valence-electron chi connectivity index (χ2n) is 6.80. The number of carbonyl (C=O) groups excluding carboxylic acids is 1. The Kier molecular flexibility index (Phi) is 5.78. The van der Waals surface area contributed by atoms with Gasteiger partial charge in [0.05, 0.1) is 16.8 Å². The molecule has 2 atom stereocenters. The van der Waals surface area contributed by atoms with E-state index in [9.17, 15) is 4.79 Å². The Hall–Kier alpha value is -2.51. The van der Waals surface area contributed by atoms with Crippen LogP contribution in [-0.4, -0.2) is 26.0 Å². The predicted molar refractivity (Wildman–Crippen MR) is 117 cm³/mol. The smallest absolute Gasteiger partial charge is 0.240 e. The maximum absolute atomic E-state index is 13.2. The molecule has 4 rings (SSSR count). The molecule has 8 heteroatoms. The van der Waals surface area contributed by atoms with Crippen molar-refractivity contribution >= 4 is 35.0 Å². The monoisotopic (exact) mass is 427 g/mol. The van der Waals surface area contributed by atoms with E-state index in [-0.39, 0.29) is 11.9 Å². The average molecular weight is 428 g/mol. The number of benzene rings is 2. The third-order valence-corrected chi connectivity index (χ3v) is 6.50. The van der Waals surface area contributed by atoms with Crippen LogP contribution in [-0.2, 0) is 17.6 Å². The highest BCUT2D eigenvalue weighted by molar-refractivity contribution is 8.00. The van der Waals surface area contributed by atoms with Crippen LogP contribution < -0.4 is 10.7 Å². The molecule has 3 aromatic rings. The van der Waals surface area contributed by atoms with Crippen LogP contribution >= 0.6 is 23.4 Å². The van der Waals surface area contributed by atoms with Crippen LogP contribution in [0.3, 0.4) is 0 Å². The largest absolute Gasteiger partial charge is 0.324 e. The minimum atomic E-state index is -0.430. The second kappa shape index (κ2) is 8.47. The minimum Gasteiger partial charge on any atom is -0.324 e. The summed E-state index contributed by atoms with van der Waals surface area (Å²) in [6, 6.07) is 15.4. The number of para-hydroxylation sites is 1. The molecule has 6 nitrogen and oxygen atoms in total. The molecular formula is C21H22ClN5OS. The zero-order valence-electron chi connectivity index (χ0n) is 16.2. The molecule has 0 aliphatic carbocycles. The van der Waals surface area contributed by atoms with Gasteiger partial charge in [-0.3, -0.25) is 4.79 Å². The molecule has 0 unspecified atom stereocenters. The van der Waals surface area contributed by atoms with Crippen molar-refractivity contribution in [1.82, 2.24) is 14.9 Å². The number of rotatable bonds is 5. The first-order valence-electron chi connectivity index (χ1n) is 9.62. The number of aryl methyl sites for hydroxylation is 2. The lowest BCUT2D eigenvalue weighted by atomic mass is 10.0. The second-order valence-corrected chi connectivity index (χ2v) is 8.31. The van der Waals surface area contributed by atoms with Gasteiger partial charge in [0.15, 0.2) is 5.82 Å². The molecule has 0 fully saturated rings. The summed E-state index contributed by atoms with van der Waals surface area (Å²) in [5.74, 6) is 0.708. The Morgan fingerprint density at radius 3 is 2.59 bits per heavy atom. The van der Waals surface area contributed by atoms with E-state index in [1.807, 2.05) is 23.7 Å². The minimum absolute atomic E-state index is 0.132. The number of thioether (sulfide) groups is 1. The van der Waals surface area contributed by atoms with E-state index in [1.165, 1.54) is 17.3 Å². The van der Waals surface area contributed by atoms with E-state index >= 15 is 0 Å². The quantitative estimate of drug-likeness (QED) is 0.629. The summed E-state index contributed by atoms with van der Waals surface area (Å²) in [5, 5.41) is 12.2. The maximum Gasteiger partial charge on any atom is 0.240 e. The van der Waals surface area contributed by atoms with E-state index in [0.29, 0.717) is 15.9 Å².